The molecule has 0 radical (unpaired) electrons. The van der Waals surface area contributed by atoms with Crippen LogP contribution in [0.15, 0.2) is 0 Å². The molecule has 1 aliphatic rings. The minimum absolute atomic E-state index is 0.0146. The van der Waals surface area contributed by atoms with Crippen molar-refractivity contribution in [2.24, 2.45) is 5.92 Å². The van der Waals surface area contributed by atoms with Crippen LogP contribution in [0.4, 0.5) is 0 Å². The molecule has 1 rings (SSSR count). The number of carbonyl (C=O) groups is 1. The summed E-state index contributed by atoms with van der Waals surface area (Å²) in [6.45, 7) is 0.328. The van der Waals surface area contributed by atoms with E-state index in [4.69, 9.17) is 5.26 Å². The molecule has 0 aromatic heterocycles. The van der Waals surface area contributed by atoms with E-state index in [1.165, 1.54) is 0 Å². The quantitative estimate of drug-likeness (QED) is 0.645. The normalized spacial score (nSPS) is 26.8. The molecule has 0 spiro atoms. The Bertz CT molecular complexity index is 221. The van der Waals surface area contributed by atoms with Crippen molar-refractivity contribution in [3.63, 3.8) is 0 Å². The van der Waals surface area contributed by atoms with E-state index in [0.717, 1.165) is 19.3 Å². The Hall–Kier alpha value is -1.08. The minimum atomic E-state index is -0.0188. The molecule has 0 heterocycles. The Morgan fingerprint density at radius 3 is 3.00 bits per heavy atom. The summed E-state index contributed by atoms with van der Waals surface area (Å²) in [5, 5.41) is 14.4. The zero-order chi connectivity index (χ0) is 9.68. The number of rotatable bonds is 3. The van der Waals surface area contributed by atoms with E-state index in [0.29, 0.717) is 6.54 Å². The molecular weight excluding hydrogens is 166 g/mol. The third kappa shape index (κ3) is 2.71. The SMILES string of the molecule is CNCC(=O)NC1CCCC1C#N. The van der Waals surface area contributed by atoms with E-state index in [1.807, 2.05) is 0 Å². The highest BCUT2D eigenvalue weighted by Crippen LogP contribution is 2.24. The van der Waals surface area contributed by atoms with Gasteiger partial charge in [0.15, 0.2) is 0 Å². The van der Waals surface area contributed by atoms with Gasteiger partial charge in [-0.15, -0.1) is 0 Å². The zero-order valence-corrected chi connectivity index (χ0v) is 7.84. The van der Waals surface area contributed by atoms with Gasteiger partial charge in [-0.05, 0) is 26.3 Å². The minimum Gasteiger partial charge on any atom is -0.351 e. The summed E-state index contributed by atoms with van der Waals surface area (Å²) in [5.74, 6) is -0.00421. The number of nitriles is 1. The van der Waals surface area contributed by atoms with Gasteiger partial charge in [0.1, 0.15) is 0 Å². The molecule has 1 amide bonds. The molecule has 0 saturated heterocycles. The largest absolute Gasteiger partial charge is 0.351 e. The second-order valence-corrected chi connectivity index (χ2v) is 3.37. The molecule has 0 aromatic carbocycles. The van der Waals surface area contributed by atoms with Crippen molar-refractivity contribution in [3.05, 3.63) is 0 Å². The van der Waals surface area contributed by atoms with Gasteiger partial charge >= 0.3 is 0 Å². The summed E-state index contributed by atoms with van der Waals surface area (Å²) in [6, 6.07) is 2.30. The molecule has 0 bridgehead atoms. The molecule has 1 aliphatic carbocycles. The molecule has 1 saturated carbocycles. The first-order valence-electron chi connectivity index (χ1n) is 4.61. The van der Waals surface area contributed by atoms with Crippen LogP contribution in [-0.2, 0) is 4.79 Å². The van der Waals surface area contributed by atoms with Crippen LogP contribution in [0.2, 0.25) is 0 Å². The first-order valence-corrected chi connectivity index (χ1v) is 4.61. The second kappa shape index (κ2) is 4.83. The molecule has 4 heteroatoms. The summed E-state index contributed by atoms with van der Waals surface area (Å²) in [7, 11) is 1.73. The average Bonchev–Trinajstić information content (AvgIpc) is 2.52. The third-order valence-electron chi connectivity index (χ3n) is 2.37. The number of nitrogens with zero attached hydrogens (tertiary/aromatic N) is 1. The maximum absolute atomic E-state index is 11.2. The lowest BCUT2D eigenvalue weighted by atomic mass is 10.1. The van der Waals surface area contributed by atoms with Gasteiger partial charge in [0.25, 0.3) is 0 Å². The maximum atomic E-state index is 11.2. The van der Waals surface area contributed by atoms with Crippen molar-refractivity contribution in [1.82, 2.24) is 10.6 Å². The highest BCUT2D eigenvalue weighted by Gasteiger charge is 2.27. The van der Waals surface area contributed by atoms with Gasteiger partial charge in [-0.25, -0.2) is 0 Å². The van der Waals surface area contributed by atoms with Gasteiger partial charge in [-0.3, -0.25) is 4.79 Å². The van der Waals surface area contributed by atoms with Crippen molar-refractivity contribution in [1.29, 1.82) is 5.26 Å². The van der Waals surface area contributed by atoms with E-state index in [2.05, 4.69) is 16.7 Å². The van der Waals surface area contributed by atoms with Gasteiger partial charge < -0.3 is 10.6 Å². The van der Waals surface area contributed by atoms with Crippen LogP contribution in [0.1, 0.15) is 19.3 Å². The van der Waals surface area contributed by atoms with Crippen molar-refractivity contribution >= 4 is 5.91 Å². The standard InChI is InChI=1S/C9H15N3O/c1-11-6-9(13)12-8-4-2-3-7(8)5-10/h7-8,11H,2-4,6H2,1H3,(H,12,13). The van der Waals surface area contributed by atoms with E-state index in [1.54, 1.807) is 7.05 Å². The summed E-state index contributed by atoms with van der Waals surface area (Å²) in [5.41, 5.74) is 0. The first-order chi connectivity index (χ1) is 6.27. The van der Waals surface area contributed by atoms with Crippen LogP contribution >= 0.6 is 0 Å². The van der Waals surface area contributed by atoms with Crippen molar-refractivity contribution in [3.8, 4) is 6.07 Å². The van der Waals surface area contributed by atoms with Crippen LogP contribution in [0.3, 0.4) is 0 Å². The molecule has 4 nitrogen and oxygen atoms in total. The Labute approximate surface area is 78.3 Å². The summed E-state index contributed by atoms with van der Waals surface area (Å²) in [4.78, 5) is 11.2. The van der Waals surface area contributed by atoms with Gasteiger partial charge in [0.05, 0.1) is 18.5 Å². The fraction of sp³-hybridized carbons (Fsp3) is 0.778. The lowest BCUT2D eigenvalue weighted by molar-refractivity contribution is -0.120. The van der Waals surface area contributed by atoms with Crippen molar-refractivity contribution in [2.45, 2.75) is 25.3 Å². The van der Waals surface area contributed by atoms with Gasteiger partial charge in [0, 0.05) is 6.04 Å². The lowest BCUT2D eigenvalue weighted by Crippen LogP contribution is -2.41. The van der Waals surface area contributed by atoms with E-state index in [-0.39, 0.29) is 17.9 Å². The molecular formula is C9H15N3O. The lowest BCUT2D eigenvalue weighted by Gasteiger charge is -2.14. The number of amides is 1. The molecule has 2 unspecified atom stereocenters. The Morgan fingerprint density at radius 1 is 1.62 bits per heavy atom. The molecule has 72 valence electrons. The van der Waals surface area contributed by atoms with Gasteiger partial charge in [0.2, 0.25) is 5.91 Å². The smallest absolute Gasteiger partial charge is 0.234 e. The van der Waals surface area contributed by atoms with Gasteiger partial charge in [-0.2, -0.15) is 5.26 Å². The van der Waals surface area contributed by atoms with E-state index in [9.17, 15) is 4.79 Å². The zero-order valence-electron chi connectivity index (χ0n) is 7.84. The maximum Gasteiger partial charge on any atom is 0.234 e. The number of hydrogen-bond donors (Lipinski definition) is 2. The van der Waals surface area contributed by atoms with Crippen LogP contribution in [0.5, 0.6) is 0 Å². The Kier molecular flexibility index (Phi) is 3.71. The van der Waals surface area contributed by atoms with E-state index < -0.39 is 0 Å². The molecule has 0 aromatic rings. The predicted molar refractivity (Wildman–Crippen MR) is 48.8 cm³/mol. The fourth-order valence-corrected chi connectivity index (χ4v) is 1.71. The van der Waals surface area contributed by atoms with Crippen LogP contribution < -0.4 is 10.6 Å². The molecule has 2 atom stereocenters. The number of nitrogens with one attached hydrogen (secondary N) is 2. The van der Waals surface area contributed by atoms with Crippen LogP contribution in [-0.4, -0.2) is 25.5 Å². The molecule has 2 N–H and O–H groups in total. The summed E-state index contributed by atoms with van der Waals surface area (Å²) < 4.78 is 0. The van der Waals surface area contributed by atoms with Crippen LogP contribution in [0, 0.1) is 17.2 Å². The molecule has 1 fully saturated rings. The number of carbonyl (C=O) groups excluding carboxylic acids is 1. The Morgan fingerprint density at radius 2 is 2.38 bits per heavy atom. The first kappa shape index (κ1) is 10.0. The Balaban J connectivity index is 2.36. The second-order valence-electron chi connectivity index (χ2n) is 3.37. The number of hydrogen-bond acceptors (Lipinski definition) is 3. The highest BCUT2D eigenvalue weighted by molar-refractivity contribution is 5.78. The third-order valence-corrected chi connectivity index (χ3v) is 2.37. The average molecular weight is 181 g/mol. The monoisotopic (exact) mass is 181 g/mol. The predicted octanol–water partition coefficient (Wildman–Crippen LogP) is 0.0143. The highest BCUT2D eigenvalue weighted by atomic mass is 16.1. The van der Waals surface area contributed by atoms with Crippen molar-refractivity contribution < 1.29 is 4.79 Å². The van der Waals surface area contributed by atoms with Gasteiger partial charge in [-0.1, -0.05) is 0 Å². The molecule has 0 aliphatic heterocycles. The van der Waals surface area contributed by atoms with Crippen molar-refractivity contribution in [2.75, 3.05) is 13.6 Å². The summed E-state index contributed by atoms with van der Waals surface area (Å²) >= 11 is 0. The van der Waals surface area contributed by atoms with Crippen LogP contribution in [0.25, 0.3) is 0 Å². The fourth-order valence-electron chi connectivity index (χ4n) is 1.71. The van der Waals surface area contributed by atoms with E-state index >= 15 is 0 Å². The summed E-state index contributed by atoms with van der Waals surface area (Å²) in [6.07, 6.45) is 2.90. The molecule has 13 heavy (non-hydrogen) atoms. The number of likely N-dealkylation sites (N-methyl/N-ethyl adjacent to an activating group) is 1. The topological polar surface area (TPSA) is 64.9 Å².